The molecule has 9 nitrogen and oxygen atoms in total. The average molecular weight is 549 g/mol. The number of hydrogen-bond donors (Lipinski definition) is 0. The highest BCUT2D eigenvalue weighted by atomic mass is 32.2. The predicted molar refractivity (Wildman–Crippen MR) is 146 cm³/mol. The van der Waals surface area contributed by atoms with Crippen LogP contribution in [0.15, 0.2) is 59.3 Å². The molecule has 0 spiro atoms. The van der Waals surface area contributed by atoms with Crippen LogP contribution in [0.25, 0.3) is 17.1 Å². The maximum atomic E-state index is 13.1. The number of nitrogens with zero attached hydrogens (tertiary/aromatic N) is 6. The second-order valence-corrected chi connectivity index (χ2v) is 10.9. The molecule has 196 valence electrons. The van der Waals surface area contributed by atoms with Gasteiger partial charge in [0, 0.05) is 42.1 Å². The second kappa shape index (κ2) is 11.9. The molecule has 0 bridgehead atoms. The van der Waals surface area contributed by atoms with E-state index in [1.165, 1.54) is 28.7 Å². The summed E-state index contributed by atoms with van der Waals surface area (Å²) in [5.41, 5.74) is 3.41. The molecule has 1 aliphatic heterocycles. The van der Waals surface area contributed by atoms with Crippen LogP contribution in [0.5, 0.6) is 0 Å². The van der Waals surface area contributed by atoms with E-state index in [9.17, 15) is 9.59 Å². The van der Waals surface area contributed by atoms with Crippen molar-refractivity contribution in [1.82, 2.24) is 29.6 Å². The lowest BCUT2D eigenvalue weighted by molar-refractivity contribution is -0.149. The summed E-state index contributed by atoms with van der Waals surface area (Å²) in [5.74, 6) is 0.599. The van der Waals surface area contributed by atoms with E-state index in [-0.39, 0.29) is 17.8 Å². The van der Waals surface area contributed by atoms with Gasteiger partial charge >= 0.3 is 5.97 Å². The largest absolute Gasteiger partial charge is 0.466 e. The van der Waals surface area contributed by atoms with Crippen LogP contribution in [0.1, 0.15) is 40.8 Å². The normalized spacial score (nSPS) is 15.4. The summed E-state index contributed by atoms with van der Waals surface area (Å²) in [4.78, 5) is 35.8. The van der Waals surface area contributed by atoms with Gasteiger partial charge in [0.05, 0.1) is 18.3 Å². The summed E-state index contributed by atoms with van der Waals surface area (Å²) in [6, 6.07) is 12.0. The molecule has 4 aromatic rings. The summed E-state index contributed by atoms with van der Waals surface area (Å²) in [7, 11) is 0. The number of aromatic nitrogens is 5. The molecule has 1 aromatic carbocycles. The molecule has 1 unspecified atom stereocenters. The zero-order chi connectivity index (χ0) is 26.5. The van der Waals surface area contributed by atoms with Gasteiger partial charge in [-0.25, -0.2) is 4.98 Å². The Bertz CT molecular complexity index is 1400. The van der Waals surface area contributed by atoms with Gasteiger partial charge in [-0.2, -0.15) is 0 Å². The Balaban J connectivity index is 1.31. The van der Waals surface area contributed by atoms with Gasteiger partial charge in [-0.05, 0) is 51.0 Å². The third-order valence-corrected chi connectivity index (χ3v) is 8.24. The van der Waals surface area contributed by atoms with Gasteiger partial charge in [0.15, 0.2) is 11.0 Å². The van der Waals surface area contributed by atoms with Crippen LogP contribution < -0.4 is 0 Å². The van der Waals surface area contributed by atoms with E-state index in [1.54, 1.807) is 29.6 Å². The van der Waals surface area contributed by atoms with Gasteiger partial charge in [0.25, 0.3) is 5.91 Å². The molecule has 0 N–H and O–H groups in total. The van der Waals surface area contributed by atoms with Crippen molar-refractivity contribution in [1.29, 1.82) is 0 Å². The number of pyridine rings is 1. The van der Waals surface area contributed by atoms with E-state index in [0.717, 1.165) is 34.3 Å². The van der Waals surface area contributed by atoms with Crippen molar-refractivity contribution < 1.29 is 14.3 Å². The molecule has 4 heterocycles. The van der Waals surface area contributed by atoms with Crippen LogP contribution >= 0.6 is 23.1 Å². The molecule has 0 radical (unpaired) electrons. The summed E-state index contributed by atoms with van der Waals surface area (Å²) in [5, 5.41) is 12.3. The van der Waals surface area contributed by atoms with E-state index in [0.29, 0.717) is 37.0 Å². The Morgan fingerprint density at radius 2 is 2.03 bits per heavy atom. The van der Waals surface area contributed by atoms with E-state index in [1.807, 2.05) is 28.8 Å². The average Bonchev–Trinajstić information content (AvgIpc) is 3.60. The summed E-state index contributed by atoms with van der Waals surface area (Å²) >= 11 is 2.96. The number of carbonyl (C=O) groups excluding carboxylic acids is 2. The number of carbonyl (C=O) groups is 2. The van der Waals surface area contributed by atoms with Gasteiger partial charge in [-0.1, -0.05) is 29.5 Å². The predicted octanol–water partition coefficient (Wildman–Crippen LogP) is 4.80. The lowest BCUT2D eigenvalue weighted by Crippen LogP contribution is -2.43. The first-order valence-electron chi connectivity index (χ1n) is 12.5. The highest BCUT2D eigenvalue weighted by Gasteiger charge is 2.30. The van der Waals surface area contributed by atoms with Gasteiger partial charge in [-0.15, -0.1) is 21.5 Å². The first-order valence-corrected chi connectivity index (χ1v) is 14.4. The second-order valence-electron chi connectivity index (χ2n) is 8.98. The lowest BCUT2D eigenvalue weighted by atomic mass is 9.98. The van der Waals surface area contributed by atoms with Crippen LogP contribution in [0.4, 0.5) is 0 Å². The molecular formula is C27H28N6O3S2. The number of rotatable bonds is 8. The Hall–Kier alpha value is -3.57. The van der Waals surface area contributed by atoms with E-state index in [4.69, 9.17) is 4.74 Å². The van der Waals surface area contributed by atoms with E-state index < -0.39 is 0 Å². The number of likely N-dealkylation sites (tertiary alicyclic amines) is 1. The minimum absolute atomic E-state index is 0.145. The number of thiazole rings is 1. The molecule has 5 rings (SSSR count). The van der Waals surface area contributed by atoms with Crippen molar-refractivity contribution in [2.75, 3.05) is 19.7 Å². The zero-order valence-corrected chi connectivity index (χ0v) is 22.9. The number of esters is 1. The fourth-order valence-electron chi connectivity index (χ4n) is 4.35. The van der Waals surface area contributed by atoms with E-state index in [2.05, 4.69) is 39.2 Å². The lowest BCUT2D eigenvalue weighted by Gasteiger charge is -2.31. The van der Waals surface area contributed by atoms with Crippen molar-refractivity contribution in [2.45, 2.75) is 37.6 Å². The van der Waals surface area contributed by atoms with Gasteiger partial charge in [0.1, 0.15) is 10.7 Å². The summed E-state index contributed by atoms with van der Waals surface area (Å²) < 4.78 is 7.18. The van der Waals surface area contributed by atoms with E-state index >= 15 is 0 Å². The minimum Gasteiger partial charge on any atom is -0.466 e. The van der Waals surface area contributed by atoms with Crippen molar-refractivity contribution in [3.05, 3.63) is 70.4 Å². The maximum Gasteiger partial charge on any atom is 0.310 e. The summed E-state index contributed by atoms with van der Waals surface area (Å²) in [6.45, 7) is 5.18. The van der Waals surface area contributed by atoms with Crippen molar-refractivity contribution in [3.63, 3.8) is 0 Å². The molecule has 1 atom stereocenters. The number of aryl methyl sites for hydroxylation is 1. The standard InChI is InChI=1S/C27H28N6O3S2/c1-3-36-26(35)20-7-5-13-32(15-20)25(34)22-16-37-23(29-22)17-38-27-31-30-24(19-6-4-12-28-14-19)33(27)21-10-8-18(2)9-11-21/h4,6,8-12,14,16,20H,3,5,7,13,15,17H2,1-2H3. The topological polar surface area (TPSA) is 103 Å². The van der Waals surface area contributed by atoms with Crippen LogP contribution in [0, 0.1) is 12.8 Å². The Kier molecular flexibility index (Phi) is 8.14. The Labute approximate surface area is 229 Å². The first-order chi connectivity index (χ1) is 18.5. The van der Waals surface area contributed by atoms with Crippen molar-refractivity contribution in [3.8, 4) is 17.1 Å². The molecule has 1 amide bonds. The molecule has 0 aliphatic carbocycles. The number of benzene rings is 1. The number of ether oxygens (including phenoxy) is 1. The smallest absolute Gasteiger partial charge is 0.310 e. The molecule has 1 saturated heterocycles. The van der Waals surface area contributed by atoms with Gasteiger partial charge in [-0.3, -0.25) is 19.1 Å². The maximum absolute atomic E-state index is 13.1. The minimum atomic E-state index is -0.275. The van der Waals surface area contributed by atoms with Crippen molar-refractivity contribution >= 4 is 35.0 Å². The van der Waals surface area contributed by atoms with Crippen LogP contribution in [-0.2, 0) is 15.3 Å². The Morgan fingerprint density at radius 1 is 1.18 bits per heavy atom. The number of amides is 1. The third-order valence-electron chi connectivity index (χ3n) is 6.27. The summed E-state index contributed by atoms with van der Waals surface area (Å²) in [6.07, 6.45) is 5.02. The van der Waals surface area contributed by atoms with Gasteiger partial charge in [0.2, 0.25) is 0 Å². The van der Waals surface area contributed by atoms with Crippen LogP contribution in [0.2, 0.25) is 0 Å². The Morgan fingerprint density at radius 3 is 2.79 bits per heavy atom. The highest BCUT2D eigenvalue weighted by molar-refractivity contribution is 7.98. The fourth-order valence-corrected chi connectivity index (χ4v) is 6.09. The van der Waals surface area contributed by atoms with Crippen LogP contribution in [0.3, 0.4) is 0 Å². The molecule has 3 aromatic heterocycles. The molecule has 1 fully saturated rings. The number of thioether (sulfide) groups is 1. The van der Waals surface area contributed by atoms with Crippen LogP contribution in [-0.4, -0.2) is 61.2 Å². The SMILES string of the molecule is CCOC(=O)C1CCCN(C(=O)c2csc(CSc3nnc(-c4cccnc4)n3-c3ccc(C)cc3)n2)C1. The quantitative estimate of drug-likeness (QED) is 0.229. The molecule has 0 saturated carbocycles. The molecule has 11 heteroatoms. The van der Waals surface area contributed by atoms with Crippen molar-refractivity contribution in [2.24, 2.45) is 5.92 Å². The number of hydrogen-bond acceptors (Lipinski definition) is 9. The monoisotopic (exact) mass is 548 g/mol. The molecular weight excluding hydrogens is 520 g/mol. The fraction of sp³-hybridized carbons (Fsp3) is 0.333. The number of piperidine rings is 1. The third kappa shape index (κ3) is 5.78. The molecule has 1 aliphatic rings. The molecule has 38 heavy (non-hydrogen) atoms. The van der Waals surface area contributed by atoms with Gasteiger partial charge < -0.3 is 9.64 Å². The zero-order valence-electron chi connectivity index (χ0n) is 21.2. The highest BCUT2D eigenvalue weighted by Crippen LogP contribution is 2.30. The first kappa shape index (κ1) is 26.1.